The Morgan fingerprint density at radius 2 is 1.86 bits per heavy atom. The standard InChI is InChI=1S/C20H12ClN3O4/c21-15-7-5-13(6-8-15)19-10-9-16(28-19)11-14(12-22)20(25)23-17-3-1-2-4-18(17)24(26)27/h1-11H,(H,23,25)/b14-11+. The quantitative estimate of drug-likeness (QED) is 0.282. The van der Waals surface area contributed by atoms with Crippen LogP contribution in [0.25, 0.3) is 17.4 Å². The van der Waals surface area contributed by atoms with Crippen LogP contribution >= 0.6 is 11.6 Å². The third kappa shape index (κ3) is 4.26. The van der Waals surface area contributed by atoms with Crippen molar-refractivity contribution in [2.24, 2.45) is 0 Å². The zero-order valence-corrected chi connectivity index (χ0v) is 15.0. The highest BCUT2D eigenvalue weighted by Crippen LogP contribution is 2.26. The van der Waals surface area contributed by atoms with Crippen molar-refractivity contribution >= 4 is 35.0 Å². The topological polar surface area (TPSA) is 109 Å². The van der Waals surface area contributed by atoms with Gasteiger partial charge in [-0.2, -0.15) is 5.26 Å². The number of furan rings is 1. The summed E-state index contributed by atoms with van der Waals surface area (Å²) in [5, 5.41) is 23.3. The van der Waals surface area contributed by atoms with E-state index in [2.05, 4.69) is 5.32 Å². The predicted molar refractivity (Wildman–Crippen MR) is 104 cm³/mol. The number of carbonyl (C=O) groups excluding carboxylic acids is 1. The molecular weight excluding hydrogens is 382 g/mol. The minimum Gasteiger partial charge on any atom is -0.457 e. The van der Waals surface area contributed by atoms with Crippen LogP contribution in [0.4, 0.5) is 11.4 Å². The maximum atomic E-state index is 12.4. The Kier molecular flexibility index (Phi) is 5.53. The van der Waals surface area contributed by atoms with Gasteiger partial charge in [-0.15, -0.1) is 0 Å². The molecule has 1 N–H and O–H groups in total. The van der Waals surface area contributed by atoms with Gasteiger partial charge in [-0.05, 0) is 42.5 Å². The molecule has 0 fully saturated rings. The van der Waals surface area contributed by atoms with Crippen molar-refractivity contribution in [2.45, 2.75) is 0 Å². The summed E-state index contributed by atoms with van der Waals surface area (Å²) < 4.78 is 5.65. The number of nitrogens with zero attached hydrogens (tertiary/aromatic N) is 2. The monoisotopic (exact) mass is 393 g/mol. The highest BCUT2D eigenvalue weighted by atomic mass is 35.5. The summed E-state index contributed by atoms with van der Waals surface area (Å²) in [5.74, 6) is 0.0553. The number of hydrogen-bond acceptors (Lipinski definition) is 5. The molecule has 2 aromatic carbocycles. The number of nitrogens with one attached hydrogen (secondary N) is 1. The van der Waals surface area contributed by atoms with E-state index < -0.39 is 10.8 Å². The number of rotatable bonds is 5. The molecule has 28 heavy (non-hydrogen) atoms. The van der Waals surface area contributed by atoms with Gasteiger partial charge in [0.1, 0.15) is 28.9 Å². The summed E-state index contributed by atoms with van der Waals surface area (Å²) >= 11 is 5.86. The van der Waals surface area contributed by atoms with Crippen molar-refractivity contribution in [3.63, 3.8) is 0 Å². The minimum atomic E-state index is -0.777. The summed E-state index contributed by atoms with van der Waals surface area (Å²) in [5.41, 5.74) is 0.262. The molecule has 1 heterocycles. The molecule has 8 heteroatoms. The Bertz CT molecular complexity index is 1110. The molecule has 0 saturated heterocycles. The van der Waals surface area contributed by atoms with Gasteiger partial charge in [0.05, 0.1) is 4.92 Å². The third-order valence-electron chi connectivity index (χ3n) is 3.76. The molecular formula is C20H12ClN3O4. The summed E-state index contributed by atoms with van der Waals surface area (Å²) in [6, 6.07) is 17.8. The number of nitriles is 1. The van der Waals surface area contributed by atoms with Crippen LogP contribution in [-0.4, -0.2) is 10.8 Å². The van der Waals surface area contributed by atoms with E-state index in [1.54, 1.807) is 48.5 Å². The number of halogens is 1. The smallest absolute Gasteiger partial charge is 0.292 e. The molecule has 3 rings (SSSR count). The Labute approximate surface area is 164 Å². The zero-order chi connectivity index (χ0) is 20.1. The lowest BCUT2D eigenvalue weighted by atomic mass is 10.2. The van der Waals surface area contributed by atoms with Crippen molar-refractivity contribution in [2.75, 3.05) is 5.32 Å². The van der Waals surface area contributed by atoms with Gasteiger partial charge < -0.3 is 9.73 Å². The molecule has 0 spiro atoms. The third-order valence-corrected chi connectivity index (χ3v) is 4.01. The Hall–Kier alpha value is -3.89. The molecule has 0 aliphatic carbocycles. The van der Waals surface area contributed by atoms with E-state index in [9.17, 15) is 20.2 Å². The summed E-state index contributed by atoms with van der Waals surface area (Å²) in [6.45, 7) is 0. The molecule has 1 amide bonds. The number of hydrogen-bond donors (Lipinski definition) is 1. The second-order valence-electron chi connectivity index (χ2n) is 5.61. The van der Waals surface area contributed by atoms with Gasteiger partial charge in [0.25, 0.3) is 11.6 Å². The number of amides is 1. The van der Waals surface area contributed by atoms with Crippen molar-refractivity contribution in [3.8, 4) is 17.4 Å². The van der Waals surface area contributed by atoms with E-state index in [4.69, 9.17) is 16.0 Å². The van der Waals surface area contributed by atoms with Gasteiger partial charge in [0.15, 0.2) is 0 Å². The van der Waals surface area contributed by atoms with Gasteiger partial charge in [0, 0.05) is 22.7 Å². The lowest BCUT2D eigenvalue weighted by molar-refractivity contribution is -0.383. The first kappa shape index (κ1) is 18.9. The normalized spacial score (nSPS) is 10.9. The Morgan fingerprint density at radius 1 is 1.14 bits per heavy atom. The van der Waals surface area contributed by atoms with Crippen LogP contribution in [0, 0.1) is 21.4 Å². The van der Waals surface area contributed by atoms with Crippen LogP contribution in [0.2, 0.25) is 5.02 Å². The maximum absolute atomic E-state index is 12.4. The summed E-state index contributed by atoms with van der Waals surface area (Å²) in [7, 11) is 0. The average Bonchev–Trinajstić information content (AvgIpc) is 3.15. The number of anilines is 1. The molecule has 138 valence electrons. The molecule has 0 aliphatic rings. The first-order valence-corrected chi connectivity index (χ1v) is 8.38. The van der Waals surface area contributed by atoms with Gasteiger partial charge >= 0.3 is 0 Å². The van der Waals surface area contributed by atoms with Gasteiger partial charge in [-0.3, -0.25) is 14.9 Å². The van der Waals surface area contributed by atoms with Crippen LogP contribution in [0.1, 0.15) is 5.76 Å². The maximum Gasteiger partial charge on any atom is 0.292 e. The lowest BCUT2D eigenvalue weighted by Gasteiger charge is -2.04. The van der Waals surface area contributed by atoms with E-state index in [-0.39, 0.29) is 16.9 Å². The van der Waals surface area contributed by atoms with Gasteiger partial charge in [-0.1, -0.05) is 23.7 Å². The fourth-order valence-electron chi connectivity index (χ4n) is 2.42. The first-order valence-electron chi connectivity index (χ1n) is 8.00. The SMILES string of the molecule is N#C/C(=C\c1ccc(-c2ccc(Cl)cc2)o1)C(=O)Nc1ccccc1[N+](=O)[O-]. The van der Waals surface area contributed by atoms with Crippen LogP contribution in [0.3, 0.4) is 0 Å². The number of para-hydroxylation sites is 2. The predicted octanol–water partition coefficient (Wildman–Crippen LogP) is 5.05. The summed E-state index contributed by atoms with van der Waals surface area (Å²) in [6.07, 6.45) is 1.27. The fraction of sp³-hybridized carbons (Fsp3) is 0. The van der Waals surface area contributed by atoms with Crippen LogP contribution in [-0.2, 0) is 4.79 Å². The van der Waals surface area contributed by atoms with Gasteiger partial charge in [-0.25, -0.2) is 0 Å². The molecule has 0 unspecified atom stereocenters. The number of nitro benzene ring substituents is 1. The first-order chi connectivity index (χ1) is 13.5. The van der Waals surface area contributed by atoms with Crippen molar-refractivity contribution in [1.82, 2.24) is 0 Å². The van der Waals surface area contributed by atoms with Crippen molar-refractivity contribution in [3.05, 3.63) is 87.1 Å². The molecule has 1 aromatic heterocycles. The van der Waals surface area contributed by atoms with E-state index in [1.807, 2.05) is 0 Å². The lowest BCUT2D eigenvalue weighted by Crippen LogP contribution is -2.14. The van der Waals surface area contributed by atoms with E-state index in [0.717, 1.165) is 5.56 Å². The number of carbonyl (C=O) groups is 1. The van der Waals surface area contributed by atoms with Crippen molar-refractivity contribution < 1.29 is 14.1 Å². The molecule has 0 saturated carbocycles. The Morgan fingerprint density at radius 3 is 2.54 bits per heavy atom. The average molecular weight is 394 g/mol. The highest BCUT2D eigenvalue weighted by Gasteiger charge is 2.17. The highest BCUT2D eigenvalue weighted by molar-refractivity contribution is 6.30. The second-order valence-corrected chi connectivity index (χ2v) is 6.04. The fourth-order valence-corrected chi connectivity index (χ4v) is 2.54. The summed E-state index contributed by atoms with van der Waals surface area (Å²) in [4.78, 5) is 22.8. The second kappa shape index (κ2) is 8.20. The largest absolute Gasteiger partial charge is 0.457 e. The molecule has 0 aliphatic heterocycles. The van der Waals surface area contributed by atoms with Gasteiger partial charge in [0.2, 0.25) is 0 Å². The molecule has 3 aromatic rings. The molecule has 7 nitrogen and oxygen atoms in total. The molecule has 0 bridgehead atoms. The van der Waals surface area contributed by atoms with E-state index >= 15 is 0 Å². The van der Waals surface area contributed by atoms with Crippen LogP contribution in [0.5, 0.6) is 0 Å². The van der Waals surface area contributed by atoms with Crippen LogP contribution in [0.15, 0.2) is 70.7 Å². The molecule has 0 radical (unpaired) electrons. The zero-order valence-electron chi connectivity index (χ0n) is 14.3. The van der Waals surface area contributed by atoms with E-state index in [0.29, 0.717) is 16.5 Å². The number of benzene rings is 2. The van der Waals surface area contributed by atoms with Crippen molar-refractivity contribution in [1.29, 1.82) is 5.26 Å². The minimum absolute atomic E-state index is 0.0000480. The number of nitro groups is 1. The van der Waals surface area contributed by atoms with Crippen LogP contribution < -0.4 is 5.32 Å². The van der Waals surface area contributed by atoms with E-state index in [1.165, 1.54) is 24.3 Å². The Balaban J connectivity index is 1.83. The molecule has 0 atom stereocenters.